The van der Waals surface area contributed by atoms with Crippen LogP contribution in [-0.4, -0.2) is 61.5 Å². The zero-order chi connectivity index (χ0) is 28.5. The van der Waals surface area contributed by atoms with Gasteiger partial charge in [-0.1, -0.05) is 20.8 Å². The van der Waals surface area contributed by atoms with Gasteiger partial charge in [0.1, 0.15) is 28.7 Å². The molecule has 9 nitrogen and oxygen atoms in total. The first-order valence-corrected chi connectivity index (χ1v) is 12.7. The minimum atomic E-state index is -2.64. The van der Waals surface area contributed by atoms with E-state index in [1.807, 2.05) is 18.9 Å². The Bertz CT molecular complexity index is 1310. The van der Waals surface area contributed by atoms with Gasteiger partial charge in [0, 0.05) is 41.6 Å². The minimum Gasteiger partial charge on any atom is -0.511 e. The largest absolute Gasteiger partial charge is 0.511 e. The van der Waals surface area contributed by atoms with E-state index >= 15 is 4.39 Å². The lowest BCUT2D eigenvalue weighted by Gasteiger charge is -2.45. The van der Waals surface area contributed by atoms with Crippen LogP contribution in [0, 0.1) is 23.1 Å². The van der Waals surface area contributed by atoms with Crippen molar-refractivity contribution in [3.8, 4) is 5.75 Å². The number of amides is 1. The molecule has 4 rings (SSSR count). The summed E-state index contributed by atoms with van der Waals surface area (Å²) in [5, 5.41) is 43.4. The van der Waals surface area contributed by atoms with Crippen molar-refractivity contribution < 1.29 is 39.2 Å². The molecule has 3 aliphatic carbocycles. The summed E-state index contributed by atoms with van der Waals surface area (Å²) in [5.41, 5.74) is 1.38. The van der Waals surface area contributed by atoms with E-state index in [1.165, 1.54) is 6.07 Å². The molecule has 206 valence electrons. The first kappa shape index (κ1) is 27.8. The Balaban J connectivity index is 1.74. The average molecular weight is 531 g/mol. The summed E-state index contributed by atoms with van der Waals surface area (Å²) >= 11 is 0. The summed E-state index contributed by atoms with van der Waals surface area (Å²) < 4.78 is 15.8. The van der Waals surface area contributed by atoms with E-state index in [1.54, 1.807) is 0 Å². The number of Topliss-reactive ketones (excluding diaryl/α,β-unsaturated/α-hetero) is 2. The molecule has 0 heterocycles. The number of primary amides is 1. The van der Waals surface area contributed by atoms with Crippen molar-refractivity contribution in [2.45, 2.75) is 71.6 Å². The zero-order valence-electron chi connectivity index (χ0n) is 22.3. The van der Waals surface area contributed by atoms with Gasteiger partial charge in [-0.3, -0.25) is 19.3 Å². The number of aliphatic hydroxyl groups excluding tert-OH is 2. The SMILES string of the molecule is C[C@H](CC(C)(C)C)N(C)Cc1cc(O)c2c(c1F)CC1C[C@H]3CC(O)=C(C(N)=O)C(=O)[C@@]3(O)C(O)=C1C2=O. The Labute approximate surface area is 220 Å². The van der Waals surface area contributed by atoms with Crippen LogP contribution in [-0.2, 0) is 22.6 Å². The van der Waals surface area contributed by atoms with Crippen LogP contribution in [0.25, 0.3) is 0 Å². The molecule has 1 aromatic carbocycles. The molecule has 6 N–H and O–H groups in total. The highest BCUT2D eigenvalue weighted by molar-refractivity contribution is 6.24. The lowest BCUT2D eigenvalue weighted by Crippen LogP contribution is -2.57. The van der Waals surface area contributed by atoms with Gasteiger partial charge in [0.05, 0.1) is 5.56 Å². The molecule has 1 amide bonds. The zero-order valence-corrected chi connectivity index (χ0v) is 22.3. The molecule has 0 fully saturated rings. The summed E-state index contributed by atoms with van der Waals surface area (Å²) in [7, 11) is 1.86. The molecule has 0 saturated heterocycles. The number of rotatable bonds is 5. The van der Waals surface area contributed by atoms with Crippen LogP contribution >= 0.6 is 0 Å². The molecule has 10 heteroatoms. The van der Waals surface area contributed by atoms with Gasteiger partial charge >= 0.3 is 0 Å². The van der Waals surface area contributed by atoms with Crippen molar-refractivity contribution in [1.29, 1.82) is 0 Å². The van der Waals surface area contributed by atoms with E-state index in [-0.39, 0.29) is 59.5 Å². The van der Waals surface area contributed by atoms with Crippen LogP contribution in [0.15, 0.2) is 28.7 Å². The number of halogens is 1. The molecule has 0 spiro atoms. The molecule has 1 aromatic rings. The molecular formula is C28H35FN2O7. The lowest BCUT2D eigenvalue weighted by molar-refractivity contribution is -0.144. The highest BCUT2D eigenvalue weighted by Crippen LogP contribution is 2.51. The van der Waals surface area contributed by atoms with Gasteiger partial charge in [0.15, 0.2) is 11.4 Å². The molecule has 38 heavy (non-hydrogen) atoms. The van der Waals surface area contributed by atoms with Crippen molar-refractivity contribution in [2.24, 2.45) is 23.0 Å². The van der Waals surface area contributed by atoms with Crippen molar-refractivity contribution in [2.75, 3.05) is 7.05 Å². The van der Waals surface area contributed by atoms with Crippen LogP contribution in [0.4, 0.5) is 4.39 Å². The maximum absolute atomic E-state index is 15.8. The van der Waals surface area contributed by atoms with Gasteiger partial charge in [-0.25, -0.2) is 4.39 Å². The fourth-order valence-corrected chi connectivity index (χ4v) is 6.30. The van der Waals surface area contributed by atoms with Crippen molar-refractivity contribution in [3.63, 3.8) is 0 Å². The van der Waals surface area contributed by atoms with Crippen LogP contribution in [0.1, 0.15) is 68.4 Å². The predicted octanol–water partition coefficient (Wildman–Crippen LogP) is 2.98. The topological polar surface area (TPSA) is 161 Å². The average Bonchev–Trinajstić information content (AvgIpc) is 2.78. The molecule has 0 saturated carbocycles. The first-order chi connectivity index (χ1) is 17.5. The number of carbonyl (C=O) groups is 3. The number of nitrogens with two attached hydrogens (primary N) is 1. The van der Waals surface area contributed by atoms with Crippen LogP contribution in [0.5, 0.6) is 5.75 Å². The standard InChI is InChI=1S/C28H35FN2O7/c1-12(10-27(2,3)4)31(5)11-14-8-17(32)20-16(22(14)29)7-13-6-15-9-18(33)21(26(30)37)25(36)28(15,38)24(35)19(13)23(20)34/h8,12-13,15,32-33,35,38H,6-7,9-11H2,1-5H3,(H2,30,37)/t12-,13?,15+,28+/m1/s1. The van der Waals surface area contributed by atoms with E-state index in [0.29, 0.717) is 0 Å². The summed E-state index contributed by atoms with van der Waals surface area (Å²) in [6, 6.07) is 1.31. The quantitative estimate of drug-likeness (QED) is 0.363. The van der Waals surface area contributed by atoms with Crippen LogP contribution in [0.2, 0.25) is 0 Å². The smallest absolute Gasteiger partial charge is 0.255 e. The lowest BCUT2D eigenvalue weighted by atomic mass is 9.60. The third-order valence-corrected chi connectivity index (χ3v) is 8.15. The number of fused-ring (bicyclic) bond motifs is 3. The van der Waals surface area contributed by atoms with E-state index in [9.17, 15) is 34.8 Å². The normalized spacial score (nSPS) is 26.3. The van der Waals surface area contributed by atoms with Gasteiger partial charge in [0.25, 0.3) is 5.91 Å². The summed E-state index contributed by atoms with van der Waals surface area (Å²) in [6.07, 6.45) is 0.413. The van der Waals surface area contributed by atoms with Gasteiger partial charge < -0.3 is 26.2 Å². The van der Waals surface area contributed by atoms with Crippen molar-refractivity contribution in [1.82, 2.24) is 4.90 Å². The molecule has 0 bridgehead atoms. The number of phenols is 1. The molecule has 3 aliphatic rings. The number of hydrogen-bond donors (Lipinski definition) is 5. The fraction of sp³-hybridized carbons (Fsp3) is 0.536. The molecule has 1 unspecified atom stereocenters. The third kappa shape index (κ3) is 4.29. The van der Waals surface area contributed by atoms with Gasteiger partial charge in [0.2, 0.25) is 5.78 Å². The number of nitrogens with zero attached hydrogens (tertiary/aromatic N) is 1. The molecule has 4 atom stereocenters. The Kier molecular flexibility index (Phi) is 6.73. The summed E-state index contributed by atoms with van der Waals surface area (Å²) in [5.74, 6) is -7.95. The Hall–Kier alpha value is -3.24. The molecule has 0 aromatic heterocycles. The summed E-state index contributed by atoms with van der Waals surface area (Å²) in [6.45, 7) is 8.58. The fourth-order valence-electron chi connectivity index (χ4n) is 6.30. The number of allylic oxidation sites excluding steroid dienone is 2. The van der Waals surface area contributed by atoms with Crippen molar-refractivity contribution >= 4 is 17.5 Å². The van der Waals surface area contributed by atoms with Gasteiger partial charge in [-0.15, -0.1) is 0 Å². The number of aromatic hydroxyl groups is 1. The number of phenolic OH excluding ortho intramolecular Hbond substituents is 1. The van der Waals surface area contributed by atoms with E-state index in [4.69, 9.17) is 5.73 Å². The van der Waals surface area contributed by atoms with Gasteiger partial charge in [-0.05, 0) is 50.6 Å². The van der Waals surface area contributed by atoms with Crippen molar-refractivity contribution in [3.05, 3.63) is 51.2 Å². The van der Waals surface area contributed by atoms with Crippen LogP contribution < -0.4 is 5.73 Å². The molecular weight excluding hydrogens is 495 g/mol. The second kappa shape index (κ2) is 9.20. The highest BCUT2D eigenvalue weighted by atomic mass is 19.1. The first-order valence-electron chi connectivity index (χ1n) is 12.7. The van der Waals surface area contributed by atoms with Crippen LogP contribution in [0.3, 0.4) is 0 Å². The highest BCUT2D eigenvalue weighted by Gasteiger charge is 2.59. The second-order valence-electron chi connectivity index (χ2n) is 12.2. The number of hydrogen-bond acceptors (Lipinski definition) is 8. The minimum absolute atomic E-state index is 0.00795. The number of ketones is 2. The predicted molar refractivity (Wildman–Crippen MR) is 136 cm³/mol. The maximum Gasteiger partial charge on any atom is 0.255 e. The Morgan fingerprint density at radius 1 is 1.24 bits per heavy atom. The number of aliphatic hydroxyl groups is 3. The van der Waals surface area contributed by atoms with E-state index in [2.05, 4.69) is 20.8 Å². The number of carbonyl (C=O) groups excluding carboxylic acids is 3. The van der Waals surface area contributed by atoms with E-state index in [0.717, 1.165) is 6.42 Å². The third-order valence-electron chi connectivity index (χ3n) is 8.15. The Morgan fingerprint density at radius 2 is 1.87 bits per heavy atom. The Morgan fingerprint density at radius 3 is 2.45 bits per heavy atom. The molecule has 0 aliphatic heterocycles. The summed E-state index contributed by atoms with van der Waals surface area (Å²) in [4.78, 5) is 40.2. The maximum atomic E-state index is 15.8. The second-order valence-corrected chi connectivity index (χ2v) is 12.2. The van der Waals surface area contributed by atoms with Gasteiger partial charge in [-0.2, -0.15) is 0 Å². The molecule has 0 radical (unpaired) electrons. The number of benzene rings is 1. The van der Waals surface area contributed by atoms with E-state index < -0.39 is 63.6 Å². The monoisotopic (exact) mass is 530 g/mol.